The molecular weight excluding hydrogens is 156 g/mol. The summed E-state index contributed by atoms with van der Waals surface area (Å²) in [6.45, 7) is 6.52. The Labute approximate surface area is 71.4 Å². The van der Waals surface area contributed by atoms with E-state index in [1.807, 2.05) is 11.8 Å². The average molecular weight is 168 g/mol. The fraction of sp³-hybridized carbons (Fsp3) is 0.625. The van der Waals surface area contributed by atoms with Crippen LogP contribution in [0.1, 0.15) is 20.3 Å². The average Bonchev–Trinajstić information content (AvgIpc) is 2.30. The number of hydrogen-bond acceptors (Lipinski definition) is 3. The summed E-state index contributed by atoms with van der Waals surface area (Å²) in [6.07, 6.45) is 1.20. The molecule has 0 aromatic heterocycles. The van der Waals surface area contributed by atoms with E-state index >= 15 is 0 Å². The number of amidine groups is 1. The van der Waals surface area contributed by atoms with Crippen molar-refractivity contribution in [2.75, 3.05) is 13.1 Å². The number of thioether (sulfide) groups is 1. The molecule has 0 amide bonds. The highest BCUT2D eigenvalue weighted by Crippen LogP contribution is 2.34. The Morgan fingerprint density at radius 2 is 2.27 bits per heavy atom. The number of allylic oxidation sites excluding steroid dienone is 2. The molecule has 2 rings (SSSR count). The van der Waals surface area contributed by atoms with Gasteiger partial charge in [0, 0.05) is 23.7 Å². The topological polar surface area (TPSA) is 15.6 Å². The molecule has 2 aliphatic rings. The van der Waals surface area contributed by atoms with Gasteiger partial charge in [-0.15, -0.1) is 0 Å². The van der Waals surface area contributed by atoms with Crippen molar-refractivity contribution in [3.8, 4) is 0 Å². The van der Waals surface area contributed by atoms with E-state index in [1.54, 1.807) is 0 Å². The lowest BCUT2D eigenvalue weighted by molar-refractivity contribution is 0.487. The van der Waals surface area contributed by atoms with Crippen LogP contribution in [0.4, 0.5) is 0 Å². The summed E-state index contributed by atoms with van der Waals surface area (Å²) in [5.74, 6) is 0. The molecule has 0 aliphatic carbocycles. The van der Waals surface area contributed by atoms with Crippen molar-refractivity contribution >= 4 is 16.9 Å². The van der Waals surface area contributed by atoms with Crippen LogP contribution in [-0.4, -0.2) is 23.2 Å². The third-order valence-corrected chi connectivity index (χ3v) is 3.31. The molecule has 0 radical (unpaired) electrons. The third-order valence-electron chi connectivity index (χ3n) is 2.18. The van der Waals surface area contributed by atoms with Crippen LogP contribution in [0, 0.1) is 0 Å². The Bertz CT molecular complexity index is 242. The van der Waals surface area contributed by atoms with Crippen LogP contribution in [0.15, 0.2) is 15.6 Å². The summed E-state index contributed by atoms with van der Waals surface area (Å²) in [6, 6.07) is 0. The number of nitrogens with zero attached hydrogens (tertiary/aromatic N) is 2. The van der Waals surface area contributed by atoms with Gasteiger partial charge < -0.3 is 4.90 Å². The summed E-state index contributed by atoms with van der Waals surface area (Å²) in [5, 5.41) is 1.21. The van der Waals surface area contributed by atoms with Crippen molar-refractivity contribution < 1.29 is 0 Å². The maximum atomic E-state index is 4.46. The highest BCUT2D eigenvalue weighted by atomic mass is 32.2. The molecule has 2 heterocycles. The largest absolute Gasteiger partial charge is 0.324 e. The van der Waals surface area contributed by atoms with Gasteiger partial charge in [-0.3, -0.25) is 4.99 Å². The summed E-state index contributed by atoms with van der Waals surface area (Å²) in [4.78, 5) is 8.19. The minimum Gasteiger partial charge on any atom is -0.324 e. The first-order valence-corrected chi connectivity index (χ1v) is 4.78. The zero-order valence-corrected chi connectivity index (χ0v) is 7.74. The molecule has 60 valence electrons. The van der Waals surface area contributed by atoms with Gasteiger partial charge in [-0.25, -0.2) is 0 Å². The summed E-state index contributed by atoms with van der Waals surface area (Å²) in [7, 11) is 0. The second kappa shape index (κ2) is 2.55. The fourth-order valence-corrected chi connectivity index (χ4v) is 2.41. The van der Waals surface area contributed by atoms with Crippen LogP contribution in [0.5, 0.6) is 0 Å². The van der Waals surface area contributed by atoms with E-state index in [9.17, 15) is 0 Å². The highest BCUT2D eigenvalue weighted by Gasteiger charge is 2.25. The molecule has 11 heavy (non-hydrogen) atoms. The molecule has 0 saturated heterocycles. The molecule has 0 unspecified atom stereocenters. The third kappa shape index (κ3) is 1.07. The van der Waals surface area contributed by atoms with Gasteiger partial charge in [-0.1, -0.05) is 11.8 Å². The molecule has 0 N–H and O–H groups in total. The van der Waals surface area contributed by atoms with Gasteiger partial charge in [0.05, 0.1) is 0 Å². The zero-order chi connectivity index (χ0) is 7.84. The predicted octanol–water partition coefficient (Wildman–Crippen LogP) is 2.05. The molecule has 2 nitrogen and oxygen atoms in total. The van der Waals surface area contributed by atoms with Crippen molar-refractivity contribution in [2.45, 2.75) is 20.3 Å². The first-order valence-electron chi connectivity index (χ1n) is 3.96. The van der Waals surface area contributed by atoms with E-state index in [2.05, 4.69) is 23.7 Å². The first-order chi connectivity index (χ1) is 5.29. The quantitative estimate of drug-likeness (QED) is 0.550. The molecule has 0 aromatic rings. The Balaban J connectivity index is 2.30. The number of fused-ring (bicyclic) bond motifs is 1. The highest BCUT2D eigenvalue weighted by molar-refractivity contribution is 8.17. The molecule has 2 aliphatic heterocycles. The van der Waals surface area contributed by atoms with Gasteiger partial charge in [0.15, 0.2) is 5.17 Å². The van der Waals surface area contributed by atoms with Crippen molar-refractivity contribution in [3.63, 3.8) is 0 Å². The van der Waals surface area contributed by atoms with Crippen LogP contribution in [-0.2, 0) is 0 Å². The minimum absolute atomic E-state index is 1.01. The molecule has 0 aromatic carbocycles. The van der Waals surface area contributed by atoms with Crippen molar-refractivity contribution in [1.29, 1.82) is 0 Å². The van der Waals surface area contributed by atoms with Crippen molar-refractivity contribution in [1.82, 2.24) is 4.90 Å². The number of aliphatic imine (C=N–C) groups is 1. The maximum absolute atomic E-state index is 4.46. The Morgan fingerprint density at radius 1 is 1.45 bits per heavy atom. The van der Waals surface area contributed by atoms with Crippen LogP contribution in [0.2, 0.25) is 0 Å². The lowest BCUT2D eigenvalue weighted by atomic mass is 10.3. The summed E-state index contributed by atoms with van der Waals surface area (Å²) in [5.41, 5.74) is 1.40. The predicted molar refractivity (Wildman–Crippen MR) is 49.6 cm³/mol. The SMILES string of the molecule is CC1=C(C)N2CCCN=C2S1. The van der Waals surface area contributed by atoms with E-state index in [-0.39, 0.29) is 0 Å². The van der Waals surface area contributed by atoms with E-state index in [1.165, 1.54) is 22.2 Å². The van der Waals surface area contributed by atoms with E-state index in [4.69, 9.17) is 0 Å². The second-order valence-electron chi connectivity index (χ2n) is 2.91. The first kappa shape index (κ1) is 7.22. The van der Waals surface area contributed by atoms with Gasteiger partial charge in [0.2, 0.25) is 0 Å². The standard InChI is InChI=1S/C8H12N2S/c1-6-7(2)11-8-9-4-3-5-10(6)8/h3-5H2,1-2H3. The zero-order valence-electron chi connectivity index (χ0n) is 6.92. The van der Waals surface area contributed by atoms with Gasteiger partial charge in [0.1, 0.15) is 0 Å². The molecule has 0 spiro atoms. The molecule has 3 heteroatoms. The van der Waals surface area contributed by atoms with Crippen molar-refractivity contribution in [2.24, 2.45) is 4.99 Å². The van der Waals surface area contributed by atoms with Gasteiger partial charge in [-0.05, 0) is 20.3 Å². The van der Waals surface area contributed by atoms with Crippen LogP contribution in [0.25, 0.3) is 0 Å². The van der Waals surface area contributed by atoms with Crippen molar-refractivity contribution in [3.05, 3.63) is 10.6 Å². The normalized spacial score (nSPS) is 23.8. The Morgan fingerprint density at radius 3 is 3.00 bits per heavy atom. The monoisotopic (exact) mass is 168 g/mol. The second-order valence-corrected chi connectivity index (χ2v) is 4.09. The molecule has 0 bridgehead atoms. The summed E-state index contributed by atoms with van der Waals surface area (Å²) >= 11 is 1.81. The number of rotatable bonds is 0. The van der Waals surface area contributed by atoms with E-state index < -0.39 is 0 Å². The lowest BCUT2D eigenvalue weighted by Crippen LogP contribution is -2.28. The van der Waals surface area contributed by atoms with Gasteiger partial charge >= 0.3 is 0 Å². The van der Waals surface area contributed by atoms with Crippen LogP contribution >= 0.6 is 11.8 Å². The smallest absolute Gasteiger partial charge is 0.168 e. The van der Waals surface area contributed by atoms with Gasteiger partial charge in [-0.2, -0.15) is 0 Å². The molecular formula is C8H12N2S. The fourth-order valence-electron chi connectivity index (χ4n) is 1.38. The van der Waals surface area contributed by atoms with Crippen LogP contribution < -0.4 is 0 Å². The number of hydrogen-bond donors (Lipinski definition) is 0. The Kier molecular flexibility index (Phi) is 1.68. The molecule has 0 fully saturated rings. The molecule has 0 saturated carbocycles. The molecule has 0 atom stereocenters. The Hall–Kier alpha value is -0.440. The van der Waals surface area contributed by atoms with E-state index in [0.29, 0.717) is 0 Å². The van der Waals surface area contributed by atoms with E-state index in [0.717, 1.165) is 13.1 Å². The van der Waals surface area contributed by atoms with Crippen LogP contribution in [0.3, 0.4) is 0 Å². The van der Waals surface area contributed by atoms with Gasteiger partial charge in [0.25, 0.3) is 0 Å². The lowest BCUT2D eigenvalue weighted by Gasteiger charge is -2.23. The minimum atomic E-state index is 1.01. The maximum Gasteiger partial charge on any atom is 0.168 e. The summed E-state index contributed by atoms with van der Waals surface area (Å²) < 4.78 is 0.